The van der Waals surface area contributed by atoms with Crippen molar-refractivity contribution in [3.8, 4) is 21.7 Å². The summed E-state index contributed by atoms with van der Waals surface area (Å²) in [6.07, 6.45) is 7.07. The molecule has 0 radical (unpaired) electrons. The standard InChI is InChI=1S/C26H25F2N9S/c27-21-13-32-26(30-5-8-37-9-6-33-35-37)34-24(21)22-10-16-2-1-3-19(25(16)38-22)20-11-23(28)31-12-17(20)14-36-7-4-18(29)15-36/h1-3,6,9-13,18H,4-5,7-8,14-15,29H2,(H,30,32,34). The molecule has 5 aromatic rings. The van der Waals surface area contributed by atoms with Crippen LogP contribution in [0.2, 0.25) is 0 Å². The van der Waals surface area contributed by atoms with E-state index in [1.165, 1.54) is 23.6 Å². The monoisotopic (exact) mass is 533 g/mol. The predicted molar refractivity (Wildman–Crippen MR) is 142 cm³/mol. The number of nitrogens with zero attached hydrogens (tertiary/aromatic N) is 7. The van der Waals surface area contributed by atoms with Crippen molar-refractivity contribution in [2.45, 2.75) is 25.6 Å². The third kappa shape index (κ3) is 5.10. The van der Waals surface area contributed by atoms with E-state index in [-0.39, 0.29) is 11.7 Å². The Morgan fingerprint density at radius 1 is 1.13 bits per heavy atom. The number of anilines is 1. The van der Waals surface area contributed by atoms with Crippen molar-refractivity contribution in [3.63, 3.8) is 0 Å². The first-order valence-electron chi connectivity index (χ1n) is 12.3. The van der Waals surface area contributed by atoms with Crippen molar-refractivity contribution < 1.29 is 8.78 Å². The normalized spacial score (nSPS) is 15.9. The highest BCUT2D eigenvalue weighted by molar-refractivity contribution is 7.22. The van der Waals surface area contributed by atoms with Crippen LogP contribution in [0, 0.1) is 11.8 Å². The van der Waals surface area contributed by atoms with Gasteiger partial charge in [-0.1, -0.05) is 23.4 Å². The molecule has 1 unspecified atom stereocenters. The molecule has 1 atom stereocenters. The van der Waals surface area contributed by atoms with E-state index in [1.807, 2.05) is 24.3 Å². The third-order valence-electron chi connectivity index (χ3n) is 6.56. The maximum absolute atomic E-state index is 14.9. The van der Waals surface area contributed by atoms with Crippen LogP contribution in [0.3, 0.4) is 0 Å². The summed E-state index contributed by atoms with van der Waals surface area (Å²) >= 11 is 1.42. The topological polar surface area (TPSA) is 111 Å². The largest absolute Gasteiger partial charge is 0.352 e. The first kappa shape index (κ1) is 24.5. The summed E-state index contributed by atoms with van der Waals surface area (Å²) in [6, 6.07) is 9.39. The number of thiophene rings is 1. The molecule has 1 aliphatic rings. The summed E-state index contributed by atoms with van der Waals surface area (Å²) in [5, 5.41) is 11.7. The Kier molecular flexibility index (Phi) is 6.75. The lowest BCUT2D eigenvalue weighted by Crippen LogP contribution is -2.26. The van der Waals surface area contributed by atoms with E-state index in [0.29, 0.717) is 30.5 Å². The van der Waals surface area contributed by atoms with Gasteiger partial charge in [-0.2, -0.15) is 4.39 Å². The van der Waals surface area contributed by atoms with Crippen LogP contribution in [0.5, 0.6) is 0 Å². The molecule has 1 aromatic carbocycles. The summed E-state index contributed by atoms with van der Waals surface area (Å²) in [4.78, 5) is 15.4. The first-order chi connectivity index (χ1) is 18.5. The highest BCUT2D eigenvalue weighted by atomic mass is 32.1. The van der Waals surface area contributed by atoms with Crippen LogP contribution in [0.1, 0.15) is 12.0 Å². The summed E-state index contributed by atoms with van der Waals surface area (Å²) in [5.74, 6) is -0.735. The smallest absolute Gasteiger partial charge is 0.223 e. The van der Waals surface area contributed by atoms with Crippen LogP contribution in [-0.2, 0) is 13.1 Å². The predicted octanol–water partition coefficient (Wildman–Crippen LogP) is 3.94. The van der Waals surface area contributed by atoms with E-state index < -0.39 is 11.8 Å². The van der Waals surface area contributed by atoms with Crippen LogP contribution in [0.4, 0.5) is 14.7 Å². The van der Waals surface area contributed by atoms with E-state index in [4.69, 9.17) is 5.73 Å². The lowest BCUT2D eigenvalue weighted by molar-refractivity contribution is 0.326. The Balaban J connectivity index is 1.32. The molecule has 9 nitrogen and oxygen atoms in total. The molecule has 0 saturated carbocycles. The summed E-state index contributed by atoms with van der Waals surface area (Å²) in [7, 11) is 0. The van der Waals surface area contributed by atoms with Gasteiger partial charge in [-0.25, -0.2) is 19.3 Å². The van der Waals surface area contributed by atoms with Gasteiger partial charge in [0.1, 0.15) is 5.69 Å². The van der Waals surface area contributed by atoms with Crippen molar-refractivity contribution in [1.29, 1.82) is 0 Å². The lowest BCUT2D eigenvalue weighted by atomic mass is 10.00. The SMILES string of the molecule is NC1CCN(Cc2cnc(F)cc2-c2cccc3cc(-c4nc(NCCn5ccnn5)ncc4F)sc23)C1. The van der Waals surface area contributed by atoms with E-state index in [2.05, 4.69) is 35.5 Å². The third-order valence-corrected chi connectivity index (χ3v) is 7.75. The molecule has 0 amide bonds. The van der Waals surface area contributed by atoms with Crippen molar-refractivity contribution in [2.75, 3.05) is 25.0 Å². The van der Waals surface area contributed by atoms with Crippen molar-refractivity contribution in [3.05, 3.63) is 72.4 Å². The minimum absolute atomic E-state index is 0.153. The minimum atomic E-state index is -0.542. The molecule has 1 saturated heterocycles. The number of rotatable bonds is 8. The Labute approximate surface area is 221 Å². The van der Waals surface area contributed by atoms with Crippen molar-refractivity contribution in [1.82, 2.24) is 34.8 Å². The second kappa shape index (κ2) is 10.5. The molecular weight excluding hydrogens is 508 g/mol. The molecule has 3 N–H and O–H groups in total. The number of likely N-dealkylation sites (tertiary alicyclic amines) is 1. The van der Waals surface area contributed by atoms with Crippen LogP contribution >= 0.6 is 11.3 Å². The number of hydrogen-bond acceptors (Lipinski definition) is 9. The number of benzene rings is 1. The van der Waals surface area contributed by atoms with Crippen LogP contribution in [-0.4, -0.2) is 60.5 Å². The Morgan fingerprint density at radius 3 is 2.87 bits per heavy atom. The van der Waals surface area contributed by atoms with Gasteiger partial charge in [-0.05, 0) is 29.0 Å². The van der Waals surface area contributed by atoms with Crippen LogP contribution in [0.15, 0.2) is 55.1 Å². The molecular formula is C26H25F2N9S. The second-order valence-electron chi connectivity index (χ2n) is 9.27. The van der Waals surface area contributed by atoms with E-state index in [0.717, 1.165) is 46.3 Å². The fraction of sp³-hybridized carbons (Fsp3) is 0.269. The number of halogens is 2. The molecule has 1 fully saturated rings. The van der Waals surface area contributed by atoms with Crippen molar-refractivity contribution >= 4 is 27.4 Å². The van der Waals surface area contributed by atoms with Crippen molar-refractivity contribution in [2.24, 2.45) is 5.73 Å². The van der Waals surface area contributed by atoms with Gasteiger partial charge in [0, 0.05) is 60.9 Å². The zero-order valence-corrected chi connectivity index (χ0v) is 21.2. The number of fused-ring (bicyclic) bond motifs is 1. The highest BCUT2D eigenvalue weighted by Gasteiger charge is 2.22. The average molecular weight is 534 g/mol. The quantitative estimate of drug-likeness (QED) is 0.289. The number of pyridine rings is 1. The van der Waals surface area contributed by atoms with Gasteiger partial charge in [0.25, 0.3) is 0 Å². The fourth-order valence-electron chi connectivity index (χ4n) is 4.73. The van der Waals surface area contributed by atoms with E-state index >= 15 is 0 Å². The number of nitrogens with one attached hydrogen (secondary N) is 1. The van der Waals surface area contributed by atoms with Gasteiger partial charge < -0.3 is 11.1 Å². The molecule has 194 valence electrons. The van der Waals surface area contributed by atoms with E-state index in [1.54, 1.807) is 23.3 Å². The van der Waals surface area contributed by atoms with Gasteiger partial charge in [-0.15, -0.1) is 16.4 Å². The number of nitrogens with two attached hydrogens (primary N) is 1. The van der Waals surface area contributed by atoms with Gasteiger partial charge in [0.15, 0.2) is 5.82 Å². The van der Waals surface area contributed by atoms with Gasteiger partial charge in [-0.3, -0.25) is 9.58 Å². The summed E-state index contributed by atoms with van der Waals surface area (Å²) < 4.78 is 31.8. The molecule has 6 rings (SSSR count). The first-order valence-corrected chi connectivity index (χ1v) is 13.1. The Hall–Kier alpha value is -3.87. The van der Waals surface area contributed by atoms with Crippen LogP contribution < -0.4 is 11.1 Å². The maximum Gasteiger partial charge on any atom is 0.223 e. The molecule has 0 bridgehead atoms. The summed E-state index contributed by atoms with van der Waals surface area (Å²) in [5.41, 5.74) is 8.87. The van der Waals surface area contributed by atoms with Gasteiger partial charge in [0.05, 0.1) is 23.8 Å². The lowest BCUT2D eigenvalue weighted by Gasteiger charge is -2.18. The average Bonchev–Trinajstić information content (AvgIpc) is 3.67. The molecule has 0 aliphatic carbocycles. The molecule has 1 aliphatic heterocycles. The molecule has 38 heavy (non-hydrogen) atoms. The second-order valence-corrected chi connectivity index (χ2v) is 10.3. The number of hydrogen-bond donors (Lipinski definition) is 2. The van der Waals surface area contributed by atoms with Gasteiger partial charge in [0.2, 0.25) is 11.9 Å². The fourth-order valence-corrected chi connectivity index (χ4v) is 5.91. The number of aromatic nitrogens is 6. The van der Waals surface area contributed by atoms with E-state index in [9.17, 15) is 8.78 Å². The zero-order chi connectivity index (χ0) is 26.1. The molecule has 0 spiro atoms. The zero-order valence-electron chi connectivity index (χ0n) is 20.4. The Morgan fingerprint density at radius 2 is 2.05 bits per heavy atom. The molecule has 4 aromatic heterocycles. The minimum Gasteiger partial charge on any atom is -0.352 e. The van der Waals surface area contributed by atoms with Crippen LogP contribution in [0.25, 0.3) is 31.8 Å². The maximum atomic E-state index is 14.9. The summed E-state index contributed by atoms with van der Waals surface area (Å²) in [6.45, 7) is 3.40. The van der Waals surface area contributed by atoms with Gasteiger partial charge >= 0.3 is 0 Å². The Bertz CT molecular complexity index is 1570. The molecule has 12 heteroatoms. The highest BCUT2D eigenvalue weighted by Crippen LogP contribution is 2.40. The molecule has 5 heterocycles.